The molecule has 0 aliphatic heterocycles. The summed E-state index contributed by atoms with van der Waals surface area (Å²) in [7, 11) is 2.85. The zero-order valence-corrected chi connectivity index (χ0v) is 21.8. The fourth-order valence-electron chi connectivity index (χ4n) is 3.23. The maximum absolute atomic E-state index is 13.8. The maximum Gasteiger partial charge on any atom is 0.300 e. The Morgan fingerprint density at radius 2 is 1.82 bits per heavy atom. The third-order valence-electron chi connectivity index (χ3n) is 4.90. The molecule has 0 aliphatic carbocycles. The standard InChI is InChI=1S/C23H25ClF2IN3O3/c1-13-7-6-8-17(21(30-32-5)22(31)28-4)19(13)12-33-29-15(3)16-10-9-14(2)20(24)18(16)11-23(25,26)27/h6-10H,11-12H2,1-5H3,(H,28,31)/b29-15+,30-21+. The first kappa shape index (κ1) is 27.0. The van der Waals surface area contributed by atoms with E-state index in [2.05, 4.69) is 15.6 Å². The number of carbonyl (C=O) groups is 1. The van der Waals surface area contributed by atoms with Gasteiger partial charge in [0.05, 0.1) is 5.71 Å². The molecule has 6 nitrogen and oxygen atoms in total. The number of rotatable bonds is 9. The van der Waals surface area contributed by atoms with Gasteiger partial charge < -0.3 is 15.0 Å². The molecule has 0 atom stereocenters. The Balaban J connectivity index is 2.38. The molecule has 178 valence electrons. The molecule has 1 amide bonds. The van der Waals surface area contributed by atoms with Crippen LogP contribution in [0, 0.1) is 13.8 Å². The molecule has 10 heteroatoms. The van der Waals surface area contributed by atoms with Gasteiger partial charge in [-0.2, -0.15) is 8.78 Å². The predicted octanol–water partition coefficient (Wildman–Crippen LogP) is 5.56. The molecule has 0 aliphatic rings. The van der Waals surface area contributed by atoms with Gasteiger partial charge in [0, 0.05) is 35.2 Å². The first-order valence-electron chi connectivity index (χ1n) is 9.93. The molecule has 33 heavy (non-hydrogen) atoms. The number of aryl methyl sites for hydroxylation is 2. The highest BCUT2D eigenvalue weighted by Crippen LogP contribution is 2.34. The third kappa shape index (κ3) is 7.10. The van der Waals surface area contributed by atoms with Crippen molar-refractivity contribution in [2.75, 3.05) is 14.2 Å². The fourth-order valence-corrected chi connectivity index (χ4v) is 3.84. The molecule has 0 fully saturated rings. The minimum Gasteiger partial charge on any atom is -0.398 e. The highest BCUT2D eigenvalue weighted by atomic mass is 127. The van der Waals surface area contributed by atoms with Crippen LogP contribution in [-0.2, 0) is 27.5 Å². The van der Waals surface area contributed by atoms with E-state index in [-0.39, 0.29) is 17.3 Å². The van der Waals surface area contributed by atoms with Crippen molar-refractivity contribution in [2.45, 2.75) is 37.7 Å². The molecule has 0 unspecified atom stereocenters. The number of halogens is 4. The van der Waals surface area contributed by atoms with Gasteiger partial charge in [0.25, 0.3) is 5.91 Å². The Hall–Kier alpha value is -2.27. The predicted molar refractivity (Wildman–Crippen MR) is 135 cm³/mol. The zero-order chi connectivity index (χ0) is 24.8. The number of hydrogen-bond acceptors (Lipinski definition) is 5. The van der Waals surface area contributed by atoms with Crippen molar-refractivity contribution in [3.63, 3.8) is 0 Å². The van der Waals surface area contributed by atoms with E-state index < -0.39 is 16.3 Å². The van der Waals surface area contributed by atoms with Crippen LogP contribution in [0.3, 0.4) is 0 Å². The summed E-state index contributed by atoms with van der Waals surface area (Å²) in [6.07, 6.45) is -0.527. The smallest absolute Gasteiger partial charge is 0.300 e. The minimum atomic E-state index is -2.96. The van der Waals surface area contributed by atoms with Crippen molar-refractivity contribution in [3.05, 3.63) is 68.7 Å². The minimum absolute atomic E-state index is 0.0243. The van der Waals surface area contributed by atoms with Crippen LogP contribution < -0.4 is 5.32 Å². The van der Waals surface area contributed by atoms with Crippen LogP contribution in [-0.4, -0.2) is 35.4 Å². The summed E-state index contributed by atoms with van der Waals surface area (Å²) in [5, 5.41) is 10.8. The van der Waals surface area contributed by atoms with E-state index in [1.165, 1.54) is 14.2 Å². The Kier molecular flexibility index (Phi) is 9.59. The first-order chi connectivity index (χ1) is 15.5. The van der Waals surface area contributed by atoms with Crippen LogP contribution >= 0.6 is 34.2 Å². The van der Waals surface area contributed by atoms with Gasteiger partial charge >= 0.3 is 3.93 Å². The van der Waals surface area contributed by atoms with Crippen molar-refractivity contribution < 1.29 is 23.3 Å². The lowest BCUT2D eigenvalue weighted by molar-refractivity contribution is -0.114. The Labute approximate surface area is 210 Å². The van der Waals surface area contributed by atoms with E-state index in [4.69, 9.17) is 21.3 Å². The van der Waals surface area contributed by atoms with Gasteiger partial charge in [-0.05, 0) is 60.1 Å². The summed E-state index contributed by atoms with van der Waals surface area (Å²) in [6, 6.07) is 8.85. The molecular formula is C23H25ClF2IN3O3. The SMILES string of the molecule is CNC(=O)/C(=N/OC)c1cccc(C)c1CO/N=C(\C)c1ccc(C)c(Cl)c1CC(F)(F)I. The Bertz CT molecular complexity index is 1090. The van der Waals surface area contributed by atoms with Crippen LogP contribution in [0.25, 0.3) is 0 Å². The van der Waals surface area contributed by atoms with E-state index in [0.717, 1.165) is 28.2 Å². The van der Waals surface area contributed by atoms with E-state index >= 15 is 0 Å². The molecule has 2 aromatic carbocycles. The number of carbonyl (C=O) groups excluding carboxylic acids is 1. The van der Waals surface area contributed by atoms with Gasteiger partial charge in [0.2, 0.25) is 0 Å². The number of hydrogen-bond donors (Lipinski definition) is 1. The number of oxime groups is 2. The van der Waals surface area contributed by atoms with E-state index in [0.29, 0.717) is 33.5 Å². The number of nitrogens with zero attached hydrogens (tertiary/aromatic N) is 2. The summed E-state index contributed by atoms with van der Waals surface area (Å²) in [4.78, 5) is 22.7. The van der Waals surface area contributed by atoms with E-state index in [1.807, 2.05) is 13.0 Å². The van der Waals surface area contributed by atoms with Gasteiger partial charge in [0.15, 0.2) is 5.71 Å². The van der Waals surface area contributed by atoms with Gasteiger partial charge in [-0.15, -0.1) is 0 Å². The second-order valence-electron chi connectivity index (χ2n) is 7.27. The molecule has 0 heterocycles. The van der Waals surface area contributed by atoms with Gasteiger partial charge in [-0.3, -0.25) is 4.79 Å². The van der Waals surface area contributed by atoms with Crippen molar-refractivity contribution in [1.82, 2.24) is 5.32 Å². The monoisotopic (exact) mass is 591 g/mol. The summed E-state index contributed by atoms with van der Waals surface area (Å²) < 4.78 is 24.6. The zero-order valence-electron chi connectivity index (χ0n) is 18.9. The summed E-state index contributed by atoms with van der Waals surface area (Å²) in [5.74, 6) is -0.415. The average molecular weight is 592 g/mol. The third-order valence-corrected chi connectivity index (χ3v) is 5.81. The van der Waals surface area contributed by atoms with Gasteiger partial charge in [-0.25, -0.2) is 0 Å². The van der Waals surface area contributed by atoms with Gasteiger partial charge in [-0.1, -0.05) is 52.2 Å². The molecule has 1 N–H and O–H groups in total. The van der Waals surface area contributed by atoms with Crippen LogP contribution in [0.15, 0.2) is 40.6 Å². The van der Waals surface area contributed by atoms with Crippen molar-refractivity contribution in [3.8, 4) is 0 Å². The summed E-state index contributed by atoms with van der Waals surface area (Å²) in [5.41, 5.74) is 4.08. The second-order valence-corrected chi connectivity index (χ2v) is 9.22. The topological polar surface area (TPSA) is 72.3 Å². The molecule has 0 bridgehead atoms. The largest absolute Gasteiger partial charge is 0.398 e. The highest BCUT2D eigenvalue weighted by Gasteiger charge is 2.28. The van der Waals surface area contributed by atoms with Crippen LogP contribution in [0.5, 0.6) is 0 Å². The number of benzene rings is 2. The lowest BCUT2D eigenvalue weighted by Crippen LogP contribution is -2.29. The van der Waals surface area contributed by atoms with Crippen molar-refractivity contribution in [1.29, 1.82) is 0 Å². The molecule has 0 spiro atoms. The first-order valence-corrected chi connectivity index (χ1v) is 11.4. The average Bonchev–Trinajstić information content (AvgIpc) is 2.75. The second kappa shape index (κ2) is 11.7. The molecular weight excluding hydrogens is 567 g/mol. The van der Waals surface area contributed by atoms with Crippen molar-refractivity contribution >= 4 is 51.5 Å². The van der Waals surface area contributed by atoms with E-state index in [1.54, 1.807) is 38.1 Å². The van der Waals surface area contributed by atoms with Crippen LogP contribution in [0.4, 0.5) is 8.78 Å². The van der Waals surface area contributed by atoms with Crippen LogP contribution in [0.1, 0.15) is 40.3 Å². The maximum atomic E-state index is 13.8. The number of nitrogens with one attached hydrogen (secondary N) is 1. The number of likely N-dealkylation sites (N-methyl/N-ethyl adjacent to an activating group) is 1. The normalized spacial score (nSPS) is 12.5. The van der Waals surface area contributed by atoms with Crippen molar-refractivity contribution in [2.24, 2.45) is 10.3 Å². The fraction of sp³-hybridized carbons (Fsp3) is 0.348. The molecule has 0 saturated carbocycles. The van der Waals surface area contributed by atoms with Gasteiger partial charge in [0.1, 0.15) is 13.7 Å². The quantitative estimate of drug-likeness (QED) is 0.180. The molecule has 2 aromatic rings. The number of alkyl halides is 3. The Morgan fingerprint density at radius 3 is 2.42 bits per heavy atom. The molecule has 0 radical (unpaired) electrons. The lowest BCUT2D eigenvalue weighted by Gasteiger charge is -2.16. The Morgan fingerprint density at radius 1 is 1.12 bits per heavy atom. The summed E-state index contributed by atoms with van der Waals surface area (Å²) in [6.45, 7) is 5.32. The highest BCUT2D eigenvalue weighted by molar-refractivity contribution is 14.1. The van der Waals surface area contributed by atoms with E-state index in [9.17, 15) is 13.6 Å². The molecule has 0 aromatic heterocycles. The number of amides is 1. The molecule has 0 saturated heterocycles. The molecule has 2 rings (SSSR count). The lowest BCUT2D eigenvalue weighted by atomic mass is 9.98. The summed E-state index contributed by atoms with van der Waals surface area (Å²) >= 11 is 7.43. The van der Waals surface area contributed by atoms with Crippen LogP contribution in [0.2, 0.25) is 5.02 Å².